The molecule has 2 heteroatoms. The minimum Gasteiger partial charge on any atom is -0.311 e. The molecule has 1 fully saturated rings. The van der Waals surface area contributed by atoms with Gasteiger partial charge in [0.15, 0.2) is 0 Å². The van der Waals surface area contributed by atoms with Gasteiger partial charge in [0, 0.05) is 31.2 Å². The van der Waals surface area contributed by atoms with Crippen LogP contribution in [0.15, 0.2) is 24.3 Å². The smallest absolute Gasteiger partial charge is 0.0221 e. The van der Waals surface area contributed by atoms with Gasteiger partial charge in [-0.3, -0.25) is 4.90 Å². The van der Waals surface area contributed by atoms with Gasteiger partial charge in [-0.2, -0.15) is 0 Å². The van der Waals surface area contributed by atoms with E-state index in [2.05, 4.69) is 55.3 Å². The summed E-state index contributed by atoms with van der Waals surface area (Å²) >= 11 is 0. The van der Waals surface area contributed by atoms with Crippen LogP contribution >= 0.6 is 0 Å². The highest BCUT2D eigenvalue weighted by atomic mass is 15.3. The van der Waals surface area contributed by atoms with Gasteiger partial charge >= 0.3 is 0 Å². The van der Waals surface area contributed by atoms with Crippen molar-refractivity contribution in [2.24, 2.45) is 5.92 Å². The quantitative estimate of drug-likeness (QED) is 0.917. The summed E-state index contributed by atoms with van der Waals surface area (Å²) in [6.45, 7) is 9.46. The Hall–Kier alpha value is -0.860. The van der Waals surface area contributed by atoms with E-state index in [-0.39, 0.29) is 0 Å². The predicted molar refractivity (Wildman–Crippen MR) is 89.7 cm³/mol. The molecule has 0 radical (unpaired) electrons. The van der Waals surface area contributed by atoms with E-state index in [9.17, 15) is 0 Å². The summed E-state index contributed by atoms with van der Waals surface area (Å²) in [5, 5.41) is 3.77. The van der Waals surface area contributed by atoms with Gasteiger partial charge in [0.25, 0.3) is 0 Å². The van der Waals surface area contributed by atoms with E-state index in [0.717, 1.165) is 18.5 Å². The van der Waals surface area contributed by atoms with Crippen molar-refractivity contribution in [3.8, 4) is 0 Å². The predicted octanol–water partition coefficient (Wildman–Crippen LogP) is 3.25. The molecule has 1 N–H and O–H groups in total. The van der Waals surface area contributed by atoms with Crippen molar-refractivity contribution >= 4 is 0 Å². The van der Waals surface area contributed by atoms with Crippen LogP contribution in [0.1, 0.15) is 44.7 Å². The Morgan fingerprint density at radius 3 is 2.81 bits per heavy atom. The van der Waals surface area contributed by atoms with Gasteiger partial charge in [-0.05, 0) is 43.2 Å². The number of aryl methyl sites for hydroxylation is 1. The first-order valence-electron chi connectivity index (χ1n) is 8.75. The highest BCUT2D eigenvalue weighted by Gasteiger charge is 2.33. The van der Waals surface area contributed by atoms with Gasteiger partial charge in [0.1, 0.15) is 0 Å². The zero-order valence-electron chi connectivity index (χ0n) is 13.8. The van der Waals surface area contributed by atoms with Crippen molar-refractivity contribution in [2.45, 2.75) is 64.6 Å². The molecule has 1 heterocycles. The van der Waals surface area contributed by atoms with Crippen LogP contribution in [0, 0.1) is 5.92 Å². The molecule has 2 nitrogen and oxygen atoms in total. The minimum atomic E-state index is 0.667. The second-order valence-corrected chi connectivity index (χ2v) is 7.11. The third kappa shape index (κ3) is 3.17. The van der Waals surface area contributed by atoms with E-state index in [4.69, 9.17) is 0 Å². The Labute approximate surface area is 129 Å². The maximum Gasteiger partial charge on any atom is 0.0221 e. The number of fused-ring (bicyclic) bond motifs is 1. The van der Waals surface area contributed by atoms with Crippen molar-refractivity contribution in [3.05, 3.63) is 35.4 Å². The maximum atomic E-state index is 3.77. The number of piperazine rings is 1. The van der Waals surface area contributed by atoms with Crippen molar-refractivity contribution in [1.82, 2.24) is 10.2 Å². The van der Waals surface area contributed by atoms with Crippen molar-refractivity contribution in [1.29, 1.82) is 0 Å². The lowest BCUT2D eigenvalue weighted by Crippen LogP contribution is -2.60. The number of nitrogens with zero attached hydrogens (tertiary/aromatic N) is 1. The van der Waals surface area contributed by atoms with Crippen LogP contribution in [0.5, 0.6) is 0 Å². The SMILES string of the molecule is CCC(C)C1CN(C2CCc3ccccc3C2)C(C)CN1. The zero-order valence-corrected chi connectivity index (χ0v) is 13.8. The molecule has 1 aliphatic heterocycles. The van der Waals surface area contributed by atoms with E-state index >= 15 is 0 Å². The number of benzene rings is 1. The van der Waals surface area contributed by atoms with Crippen molar-refractivity contribution < 1.29 is 0 Å². The molecule has 0 amide bonds. The summed E-state index contributed by atoms with van der Waals surface area (Å²) in [6.07, 6.45) is 5.10. The third-order valence-corrected chi connectivity index (χ3v) is 5.77. The number of nitrogens with one attached hydrogen (secondary N) is 1. The molecule has 1 aromatic rings. The fraction of sp³-hybridized carbons (Fsp3) is 0.684. The Morgan fingerprint density at radius 1 is 1.29 bits per heavy atom. The van der Waals surface area contributed by atoms with E-state index in [1.165, 1.54) is 32.2 Å². The van der Waals surface area contributed by atoms with Crippen molar-refractivity contribution in [2.75, 3.05) is 13.1 Å². The lowest BCUT2D eigenvalue weighted by atomic mass is 9.85. The highest BCUT2D eigenvalue weighted by Crippen LogP contribution is 2.27. The molecule has 0 spiro atoms. The zero-order chi connectivity index (χ0) is 14.8. The summed E-state index contributed by atoms with van der Waals surface area (Å²) < 4.78 is 0. The topological polar surface area (TPSA) is 15.3 Å². The first-order chi connectivity index (χ1) is 10.2. The fourth-order valence-corrected chi connectivity index (χ4v) is 4.05. The Morgan fingerprint density at radius 2 is 2.05 bits per heavy atom. The molecule has 0 aromatic heterocycles. The van der Waals surface area contributed by atoms with Gasteiger partial charge in [0.05, 0.1) is 0 Å². The number of hydrogen-bond donors (Lipinski definition) is 1. The normalized spacial score (nSPS) is 31.7. The first kappa shape index (κ1) is 15.1. The Balaban J connectivity index is 1.71. The molecule has 21 heavy (non-hydrogen) atoms. The molecule has 0 saturated carbocycles. The van der Waals surface area contributed by atoms with Crippen LogP contribution in [0.2, 0.25) is 0 Å². The van der Waals surface area contributed by atoms with Gasteiger partial charge < -0.3 is 5.32 Å². The fourth-order valence-electron chi connectivity index (χ4n) is 4.05. The van der Waals surface area contributed by atoms with Gasteiger partial charge in [-0.25, -0.2) is 0 Å². The van der Waals surface area contributed by atoms with E-state index < -0.39 is 0 Å². The minimum absolute atomic E-state index is 0.667. The second kappa shape index (κ2) is 6.50. The average Bonchev–Trinajstić information content (AvgIpc) is 2.54. The second-order valence-electron chi connectivity index (χ2n) is 7.11. The lowest BCUT2D eigenvalue weighted by Gasteiger charge is -2.46. The molecule has 4 atom stereocenters. The van der Waals surface area contributed by atoms with Gasteiger partial charge in [0.2, 0.25) is 0 Å². The number of rotatable bonds is 3. The van der Waals surface area contributed by atoms with Crippen LogP contribution < -0.4 is 5.32 Å². The van der Waals surface area contributed by atoms with E-state index in [1.807, 2.05) is 0 Å². The summed E-state index contributed by atoms with van der Waals surface area (Å²) in [6, 6.07) is 11.1. The Bertz CT molecular complexity index is 470. The largest absolute Gasteiger partial charge is 0.311 e. The first-order valence-corrected chi connectivity index (χ1v) is 8.75. The van der Waals surface area contributed by atoms with E-state index in [0.29, 0.717) is 12.1 Å². The molecule has 0 bridgehead atoms. The van der Waals surface area contributed by atoms with Crippen molar-refractivity contribution in [3.63, 3.8) is 0 Å². The van der Waals surface area contributed by atoms with Crippen LogP contribution in [0.25, 0.3) is 0 Å². The molecule has 1 aromatic carbocycles. The van der Waals surface area contributed by atoms with Crippen LogP contribution in [-0.2, 0) is 12.8 Å². The molecule has 2 aliphatic rings. The molecule has 116 valence electrons. The van der Waals surface area contributed by atoms with Gasteiger partial charge in [-0.1, -0.05) is 44.5 Å². The highest BCUT2D eigenvalue weighted by molar-refractivity contribution is 5.30. The standard InChI is InChI=1S/C19H30N2/c1-4-14(2)19-13-21(15(3)12-20-19)18-10-9-16-7-5-6-8-17(16)11-18/h5-8,14-15,18-20H,4,9-13H2,1-3H3. The summed E-state index contributed by atoms with van der Waals surface area (Å²) in [7, 11) is 0. The molecule has 3 rings (SSSR count). The van der Waals surface area contributed by atoms with Crippen LogP contribution in [0.4, 0.5) is 0 Å². The molecule has 1 aliphatic carbocycles. The summed E-state index contributed by atoms with van der Waals surface area (Å²) in [4.78, 5) is 2.79. The van der Waals surface area contributed by atoms with Crippen LogP contribution in [0.3, 0.4) is 0 Å². The summed E-state index contributed by atoms with van der Waals surface area (Å²) in [5.74, 6) is 0.774. The summed E-state index contributed by atoms with van der Waals surface area (Å²) in [5.41, 5.74) is 3.16. The molecule has 4 unspecified atom stereocenters. The average molecular weight is 286 g/mol. The Kier molecular flexibility index (Phi) is 4.66. The number of hydrogen-bond acceptors (Lipinski definition) is 2. The monoisotopic (exact) mass is 286 g/mol. The van der Waals surface area contributed by atoms with E-state index in [1.54, 1.807) is 11.1 Å². The maximum absolute atomic E-state index is 3.77. The molecular weight excluding hydrogens is 256 g/mol. The third-order valence-electron chi connectivity index (χ3n) is 5.77. The lowest BCUT2D eigenvalue weighted by molar-refractivity contribution is 0.0682. The van der Waals surface area contributed by atoms with Gasteiger partial charge in [-0.15, -0.1) is 0 Å². The van der Waals surface area contributed by atoms with Crippen LogP contribution in [-0.4, -0.2) is 36.1 Å². The molecular formula is C19H30N2. The molecule has 1 saturated heterocycles.